The van der Waals surface area contributed by atoms with Crippen LogP contribution in [-0.2, 0) is 4.74 Å². The summed E-state index contributed by atoms with van der Waals surface area (Å²) in [6.07, 6.45) is -10.1. The van der Waals surface area contributed by atoms with E-state index in [2.05, 4.69) is 0 Å². The molecule has 3 unspecified atom stereocenters. The van der Waals surface area contributed by atoms with Gasteiger partial charge in [-0.05, 0) is 44.4 Å². The number of fused-ring (bicyclic) bond motifs is 3. The lowest BCUT2D eigenvalue weighted by Crippen LogP contribution is -2.52. The molecule has 0 aromatic heterocycles. The summed E-state index contributed by atoms with van der Waals surface area (Å²) >= 11 is 0. The molecule has 3 fully saturated rings. The van der Waals surface area contributed by atoms with E-state index < -0.39 is 36.2 Å². The van der Waals surface area contributed by atoms with E-state index in [4.69, 9.17) is 4.74 Å². The summed E-state index contributed by atoms with van der Waals surface area (Å²) in [7, 11) is 0. The third-order valence-corrected chi connectivity index (χ3v) is 4.49. The zero-order chi connectivity index (χ0) is 14.5. The van der Waals surface area contributed by atoms with E-state index in [-0.39, 0.29) is 12.8 Å². The molecule has 0 amide bonds. The van der Waals surface area contributed by atoms with E-state index in [0.717, 1.165) is 6.42 Å². The van der Waals surface area contributed by atoms with E-state index in [1.165, 1.54) is 0 Å². The quantitative estimate of drug-likeness (QED) is 0.688. The Morgan fingerprint density at radius 2 is 1.58 bits per heavy atom. The standard InChI is InChI=1S/C12H16F6O/c1-10(11(13,14)15,12(16,17)18)5-8-4-7-2-3-9(8)19-6-7/h7-9H,2-6H2,1H3. The van der Waals surface area contributed by atoms with Crippen molar-refractivity contribution in [1.82, 2.24) is 0 Å². The van der Waals surface area contributed by atoms with Gasteiger partial charge in [-0.15, -0.1) is 0 Å². The Hall–Kier alpha value is -0.460. The van der Waals surface area contributed by atoms with Crippen LogP contribution in [0.2, 0.25) is 0 Å². The van der Waals surface area contributed by atoms with Gasteiger partial charge < -0.3 is 4.74 Å². The van der Waals surface area contributed by atoms with Crippen LogP contribution >= 0.6 is 0 Å². The minimum Gasteiger partial charge on any atom is -0.378 e. The van der Waals surface area contributed by atoms with E-state index in [9.17, 15) is 26.3 Å². The molecule has 3 rings (SSSR count). The van der Waals surface area contributed by atoms with Gasteiger partial charge in [0, 0.05) is 6.61 Å². The first-order valence-electron chi connectivity index (χ1n) is 6.29. The van der Waals surface area contributed by atoms with Crippen LogP contribution in [0, 0.1) is 17.3 Å². The molecule has 0 aromatic carbocycles. The first-order valence-corrected chi connectivity index (χ1v) is 6.29. The van der Waals surface area contributed by atoms with Crippen molar-refractivity contribution in [2.24, 2.45) is 17.3 Å². The first-order chi connectivity index (χ1) is 8.54. The zero-order valence-corrected chi connectivity index (χ0v) is 10.4. The fraction of sp³-hybridized carbons (Fsp3) is 1.00. The van der Waals surface area contributed by atoms with Gasteiger partial charge in [-0.1, -0.05) is 0 Å². The van der Waals surface area contributed by atoms with Crippen molar-refractivity contribution < 1.29 is 31.1 Å². The lowest BCUT2D eigenvalue weighted by molar-refractivity contribution is -0.342. The summed E-state index contributed by atoms with van der Waals surface area (Å²) in [6.45, 7) is 0.727. The fourth-order valence-electron chi connectivity index (χ4n) is 3.10. The van der Waals surface area contributed by atoms with Crippen LogP contribution in [-0.4, -0.2) is 25.1 Å². The summed E-state index contributed by atoms with van der Waals surface area (Å²) in [5, 5.41) is 0. The fourth-order valence-corrected chi connectivity index (χ4v) is 3.10. The zero-order valence-electron chi connectivity index (χ0n) is 10.4. The van der Waals surface area contributed by atoms with Gasteiger partial charge >= 0.3 is 12.4 Å². The van der Waals surface area contributed by atoms with Crippen molar-refractivity contribution in [3.8, 4) is 0 Å². The van der Waals surface area contributed by atoms with Crippen molar-refractivity contribution >= 4 is 0 Å². The monoisotopic (exact) mass is 290 g/mol. The number of hydrogen-bond acceptors (Lipinski definition) is 1. The van der Waals surface area contributed by atoms with Crippen LogP contribution in [0.3, 0.4) is 0 Å². The summed E-state index contributed by atoms with van der Waals surface area (Å²) in [5.74, 6) is -0.540. The van der Waals surface area contributed by atoms with Crippen LogP contribution in [0.4, 0.5) is 26.3 Å². The predicted molar refractivity (Wildman–Crippen MR) is 55.4 cm³/mol. The third kappa shape index (κ3) is 2.58. The van der Waals surface area contributed by atoms with Crippen molar-refractivity contribution in [3.05, 3.63) is 0 Å². The molecule has 3 aliphatic rings. The molecule has 0 N–H and O–H groups in total. The van der Waals surface area contributed by atoms with Gasteiger partial charge in [-0.2, -0.15) is 26.3 Å². The molecule has 0 aromatic rings. The maximum Gasteiger partial charge on any atom is 0.402 e. The molecule has 112 valence electrons. The molecule has 2 bridgehead atoms. The summed E-state index contributed by atoms with van der Waals surface area (Å²) in [5.41, 5.74) is -3.65. The van der Waals surface area contributed by atoms with Crippen LogP contribution in [0.15, 0.2) is 0 Å². The Balaban J connectivity index is 2.18. The first kappa shape index (κ1) is 14.9. The Morgan fingerprint density at radius 3 is 1.89 bits per heavy atom. The average Bonchev–Trinajstić information content (AvgIpc) is 2.27. The minimum absolute atomic E-state index is 0.112. The van der Waals surface area contributed by atoms with E-state index in [1.807, 2.05) is 0 Å². The molecule has 1 saturated carbocycles. The molecule has 7 heteroatoms. The number of ether oxygens (including phenoxy) is 1. The highest BCUT2D eigenvalue weighted by molar-refractivity contribution is 4.95. The van der Waals surface area contributed by atoms with Gasteiger partial charge in [0.15, 0.2) is 5.41 Å². The number of rotatable bonds is 2. The van der Waals surface area contributed by atoms with Crippen molar-refractivity contribution in [1.29, 1.82) is 0 Å². The van der Waals surface area contributed by atoms with E-state index >= 15 is 0 Å². The predicted octanol–water partition coefficient (Wildman–Crippen LogP) is 4.32. The Bertz CT molecular complexity index is 312. The van der Waals surface area contributed by atoms with Crippen LogP contribution in [0.1, 0.15) is 32.6 Å². The lowest BCUT2D eigenvalue weighted by Gasteiger charge is -2.46. The molecule has 0 spiro atoms. The molecule has 19 heavy (non-hydrogen) atoms. The van der Waals surface area contributed by atoms with Crippen molar-refractivity contribution in [3.63, 3.8) is 0 Å². The summed E-state index contributed by atoms with van der Waals surface area (Å²) < 4.78 is 82.3. The van der Waals surface area contributed by atoms with E-state index in [1.54, 1.807) is 0 Å². The molecule has 2 saturated heterocycles. The van der Waals surface area contributed by atoms with Gasteiger partial charge in [0.2, 0.25) is 0 Å². The molecule has 0 radical (unpaired) electrons. The molecule has 1 nitrogen and oxygen atoms in total. The Kier molecular flexibility index (Phi) is 3.56. The maximum atomic E-state index is 12.8. The van der Waals surface area contributed by atoms with Crippen LogP contribution in [0.5, 0.6) is 0 Å². The topological polar surface area (TPSA) is 9.23 Å². The number of alkyl halides is 6. The Morgan fingerprint density at radius 1 is 1.00 bits per heavy atom. The average molecular weight is 290 g/mol. The van der Waals surface area contributed by atoms with Crippen LogP contribution < -0.4 is 0 Å². The van der Waals surface area contributed by atoms with E-state index in [0.29, 0.717) is 19.4 Å². The third-order valence-electron chi connectivity index (χ3n) is 4.49. The number of hydrogen-bond donors (Lipinski definition) is 0. The molecular formula is C12H16F6O. The Labute approximate surface area is 107 Å². The smallest absolute Gasteiger partial charge is 0.378 e. The summed E-state index contributed by atoms with van der Waals surface area (Å²) in [6, 6.07) is 0. The van der Waals surface area contributed by atoms with Gasteiger partial charge in [0.1, 0.15) is 0 Å². The second-order valence-electron chi connectivity index (χ2n) is 5.84. The molecule has 2 heterocycles. The highest BCUT2D eigenvalue weighted by atomic mass is 19.4. The second-order valence-corrected chi connectivity index (χ2v) is 5.84. The van der Waals surface area contributed by atoms with Gasteiger partial charge in [0.25, 0.3) is 0 Å². The van der Waals surface area contributed by atoms with Gasteiger partial charge in [0.05, 0.1) is 6.10 Å². The molecule has 2 aliphatic heterocycles. The van der Waals surface area contributed by atoms with Gasteiger partial charge in [-0.25, -0.2) is 0 Å². The number of halogens is 6. The second kappa shape index (κ2) is 4.53. The van der Waals surface area contributed by atoms with Crippen molar-refractivity contribution in [2.75, 3.05) is 6.61 Å². The lowest BCUT2D eigenvalue weighted by atomic mass is 9.69. The SMILES string of the molecule is CC(CC1CC2CCC1OC2)(C(F)(F)F)C(F)(F)F. The molecule has 3 atom stereocenters. The maximum absolute atomic E-state index is 12.8. The minimum atomic E-state index is -5.29. The normalized spacial score (nSPS) is 32.7. The highest BCUT2D eigenvalue weighted by Gasteiger charge is 2.68. The largest absolute Gasteiger partial charge is 0.402 e. The van der Waals surface area contributed by atoms with Crippen molar-refractivity contribution in [2.45, 2.75) is 51.1 Å². The van der Waals surface area contributed by atoms with Gasteiger partial charge in [-0.3, -0.25) is 0 Å². The highest BCUT2D eigenvalue weighted by Crippen LogP contribution is 2.56. The molecular weight excluding hydrogens is 274 g/mol. The molecule has 1 aliphatic carbocycles. The van der Waals surface area contributed by atoms with Crippen LogP contribution in [0.25, 0.3) is 0 Å². The summed E-state index contributed by atoms with van der Waals surface area (Å²) in [4.78, 5) is 0.